The highest BCUT2D eigenvalue weighted by Crippen LogP contribution is 2.28. The third-order valence-corrected chi connectivity index (χ3v) is 2.67. The first-order valence-electron chi connectivity index (χ1n) is 4.87. The Morgan fingerprint density at radius 3 is 2.71 bits per heavy atom. The van der Waals surface area contributed by atoms with Gasteiger partial charge in [0, 0.05) is 13.1 Å². The molecule has 0 aliphatic rings. The van der Waals surface area contributed by atoms with Crippen LogP contribution in [0.2, 0.25) is 10.0 Å². The van der Waals surface area contributed by atoms with Gasteiger partial charge in [-0.05, 0) is 6.07 Å². The fourth-order valence-electron chi connectivity index (χ4n) is 1.27. The standard InChI is InChI=1S/C10H10Cl2N4O/c1-13-9-7(11)4-8(12)10(15-9)14-5-6-2-3-17-16-6/h2-4H,5H2,1H3,(H2,13,14,15). The Labute approximate surface area is 108 Å². The lowest BCUT2D eigenvalue weighted by Crippen LogP contribution is -2.04. The van der Waals surface area contributed by atoms with Gasteiger partial charge in [0.1, 0.15) is 23.6 Å². The molecule has 17 heavy (non-hydrogen) atoms. The summed E-state index contributed by atoms with van der Waals surface area (Å²) in [5.41, 5.74) is 0.767. The van der Waals surface area contributed by atoms with Gasteiger partial charge < -0.3 is 15.2 Å². The van der Waals surface area contributed by atoms with E-state index < -0.39 is 0 Å². The summed E-state index contributed by atoms with van der Waals surface area (Å²) in [5.74, 6) is 1.11. The van der Waals surface area contributed by atoms with Crippen LogP contribution < -0.4 is 10.6 Å². The van der Waals surface area contributed by atoms with Crippen molar-refractivity contribution in [1.82, 2.24) is 10.1 Å². The van der Waals surface area contributed by atoms with Crippen molar-refractivity contribution in [1.29, 1.82) is 0 Å². The molecule has 2 rings (SSSR count). The molecule has 2 aromatic rings. The van der Waals surface area contributed by atoms with E-state index >= 15 is 0 Å². The highest BCUT2D eigenvalue weighted by atomic mass is 35.5. The Bertz CT molecular complexity index is 501. The van der Waals surface area contributed by atoms with Crippen LogP contribution in [0.5, 0.6) is 0 Å². The van der Waals surface area contributed by atoms with Crippen LogP contribution >= 0.6 is 23.2 Å². The van der Waals surface area contributed by atoms with Crippen LogP contribution in [0.15, 0.2) is 22.9 Å². The molecule has 0 amide bonds. The minimum absolute atomic E-state index is 0.456. The normalized spacial score (nSPS) is 10.3. The molecule has 0 saturated carbocycles. The molecule has 2 heterocycles. The molecule has 90 valence electrons. The van der Waals surface area contributed by atoms with Crippen molar-refractivity contribution >= 4 is 34.8 Å². The molecule has 0 saturated heterocycles. The summed E-state index contributed by atoms with van der Waals surface area (Å²) in [5, 5.41) is 10.6. The fourth-order valence-corrected chi connectivity index (χ4v) is 1.79. The average molecular weight is 273 g/mol. The molecule has 0 aromatic carbocycles. The lowest BCUT2D eigenvalue weighted by molar-refractivity contribution is 0.412. The fraction of sp³-hybridized carbons (Fsp3) is 0.200. The van der Waals surface area contributed by atoms with Crippen LogP contribution in [0, 0.1) is 0 Å². The number of hydrogen-bond acceptors (Lipinski definition) is 5. The van der Waals surface area contributed by atoms with E-state index in [1.165, 1.54) is 6.26 Å². The molecular weight excluding hydrogens is 263 g/mol. The Morgan fingerprint density at radius 2 is 2.06 bits per heavy atom. The van der Waals surface area contributed by atoms with Crippen molar-refractivity contribution in [3.8, 4) is 0 Å². The van der Waals surface area contributed by atoms with E-state index in [9.17, 15) is 0 Å². The Hall–Kier alpha value is -1.46. The molecule has 2 N–H and O–H groups in total. The first-order valence-corrected chi connectivity index (χ1v) is 5.63. The van der Waals surface area contributed by atoms with Crippen LogP contribution in [-0.4, -0.2) is 17.2 Å². The van der Waals surface area contributed by atoms with E-state index in [4.69, 9.17) is 27.7 Å². The van der Waals surface area contributed by atoms with Gasteiger partial charge in [-0.25, -0.2) is 4.98 Å². The molecule has 2 aromatic heterocycles. The van der Waals surface area contributed by atoms with E-state index in [2.05, 4.69) is 20.8 Å². The van der Waals surface area contributed by atoms with E-state index in [0.717, 1.165) is 5.69 Å². The molecule has 0 aliphatic carbocycles. The maximum Gasteiger partial charge on any atom is 0.147 e. The van der Waals surface area contributed by atoms with Crippen LogP contribution in [-0.2, 0) is 6.54 Å². The van der Waals surface area contributed by atoms with E-state index in [-0.39, 0.29) is 0 Å². The maximum atomic E-state index is 6.02. The zero-order chi connectivity index (χ0) is 12.3. The molecule has 0 unspecified atom stereocenters. The summed E-state index contributed by atoms with van der Waals surface area (Å²) in [4.78, 5) is 4.25. The molecular formula is C10H10Cl2N4O. The molecule has 0 bridgehead atoms. The van der Waals surface area contributed by atoms with Crippen LogP contribution in [0.25, 0.3) is 0 Å². The number of aromatic nitrogens is 2. The van der Waals surface area contributed by atoms with Gasteiger partial charge in [-0.1, -0.05) is 28.4 Å². The molecule has 7 heteroatoms. The van der Waals surface area contributed by atoms with Gasteiger partial charge in [0.05, 0.1) is 16.6 Å². The molecule has 0 radical (unpaired) electrons. The number of nitrogens with one attached hydrogen (secondary N) is 2. The SMILES string of the molecule is CNc1nc(NCc2ccon2)c(Cl)cc1Cl. The number of pyridine rings is 1. The number of rotatable bonds is 4. The lowest BCUT2D eigenvalue weighted by atomic mass is 10.4. The summed E-state index contributed by atoms with van der Waals surface area (Å²) >= 11 is 12.0. The van der Waals surface area contributed by atoms with Crippen molar-refractivity contribution in [2.75, 3.05) is 17.7 Å². The number of halogens is 2. The summed E-state index contributed by atoms with van der Waals surface area (Å²) in [6, 6.07) is 3.39. The van der Waals surface area contributed by atoms with Gasteiger partial charge in [0.15, 0.2) is 0 Å². The third kappa shape index (κ3) is 2.81. The molecule has 0 atom stereocenters. The summed E-state index contributed by atoms with van der Waals surface area (Å²) < 4.78 is 4.72. The van der Waals surface area contributed by atoms with E-state index in [0.29, 0.717) is 28.2 Å². The number of hydrogen-bond donors (Lipinski definition) is 2. The lowest BCUT2D eigenvalue weighted by Gasteiger charge is -2.09. The van der Waals surface area contributed by atoms with Gasteiger partial charge in [-0.3, -0.25) is 0 Å². The number of nitrogens with zero attached hydrogens (tertiary/aromatic N) is 2. The number of anilines is 2. The first kappa shape index (κ1) is 12.0. The van der Waals surface area contributed by atoms with Crippen molar-refractivity contribution in [3.05, 3.63) is 34.1 Å². The quantitative estimate of drug-likeness (QED) is 0.896. The highest BCUT2D eigenvalue weighted by Gasteiger charge is 2.08. The topological polar surface area (TPSA) is 63.0 Å². The predicted molar refractivity (Wildman–Crippen MR) is 67.6 cm³/mol. The van der Waals surface area contributed by atoms with Crippen LogP contribution in [0.3, 0.4) is 0 Å². The van der Waals surface area contributed by atoms with Crippen LogP contribution in [0.1, 0.15) is 5.69 Å². The minimum atomic E-state index is 0.456. The van der Waals surface area contributed by atoms with Crippen LogP contribution in [0.4, 0.5) is 11.6 Å². The van der Waals surface area contributed by atoms with Crippen molar-refractivity contribution < 1.29 is 4.52 Å². The predicted octanol–water partition coefficient (Wildman–Crippen LogP) is 3.03. The molecule has 0 aliphatic heterocycles. The van der Waals surface area contributed by atoms with Gasteiger partial charge in [-0.15, -0.1) is 0 Å². The van der Waals surface area contributed by atoms with Gasteiger partial charge in [0.25, 0.3) is 0 Å². The van der Waals surface area contributed by atoms with E-state index in [1.54, 1.807) is 19.2 Å². The summed E-state index contributed by atoms with van der Waals surface area (Å²) in [7, 11) is 1.74. The summed E-state index contributed by atoms with van der Waals surface area (Å²) in [6.07, 6.45) is 1.51. The largest absolute Gasteiger partial charge is 0.372 e. The molecule has 0 fully saturated rings. The van der Waals surface area contributed by atoms with Gasteiger partial charge >= 0.3 is 0 Å². The maximum absolute atomic E-state index is 6.02. The third-order valence-electron chi connectivity index (χ3n) is 2.09. The Balaban J connectivity index is 2.15. The van der Waals surface area contributed by atoms with E-state index in [1.807, 2.05) is 0 Å². The zero-order valence-electron chi connectivity index (χ0n) is 9.00. The first-order chi connectivity index (χ1) is 8.20. The van der Waals surface area contributed by atoms with Crippen molar-refractivity contribution in [2.24, 2.45) is 0 Å². The second kappa shape index (κ2) is 5.25. The van der Waals surface area contributed by atoms with Gasteiger partial charge in [-0.2, -0.15) is 0 Å². The van der Waals surface area contributed by atoms with Crippen molar-refractivity contribution in [2.45, 2.75) is 6.54 Å². The molecule has 5 nitrogen and oxygen atoms in total. The average Bonchev–Trinajstić information content (AvgIpc) is 2.81. The Kier molecular flexibility index (Phi) is 3.71. The monoisotopic (exact) mass is 272 g/mol. The minimum Gasteiger partial charge on any atom is -0.372 e. The second-order valence-corrected chi connectivity index (χ2v) is 4.06. The summed E-state index contributed by atoms with van der Waals surface area (Å²) in [6.45, 7) is 0.480. The zero-order valence-corrected chi connectivity index (χ0v) is 10.5. The van der Waals surface area contributed by atoms with Crippen molar-refractivity contribution in [3.63, 3.8) is 0 Å². The Morgan fingerprint density at radius 1 is 1.29 bits per heavy atom. The highest BCUT2D eigenvalue weighted by molar-refractivity contribution is 6.37. The second-order valence-electron chi connectivity index (χ2n) is 3.24. The van der Waals surface area contributed by atoms with Gasteiger partial charge in [0.2, 0.25) is 0 Å². The smallest absolute Gasteiger partial charge is 0.147 e. The molecule has 0 spiro atoms.